The van der Waals surface area contributed by atoms with E-state index in [1.54, 1.807) is 0 Å². The first-order chi connectivity index (χ1) is 9.67. The van der Waals surface area contributed by atoms with Crippen LogP contribution in [-0.4, -0.2) is 41.1 Å². The molecule has 1 aromatic rings. The second-order valence-electron chi connectivity index (χ2n) is 5.33. The predicted octanol–water partition coefficient (Wildman–Crippen LogP) is 2.36. The van der Waals surface area contributed by atoms with Gasteiger partial charge in [0.05, 0.1) is 0 Å². The van der Waals surface area contributed by atoms with Crippen molar-refractivity contribution in [3.63, 3.8) is 0 Å². The summed E-state index contributed by atoms with van der Waals surface area (Å²) in [6.07, 6.45) is 3.96. The van der Waals surface area contributed by atoms with Crippen molar-refractivity contribution in [3.8, 4) is 0 Å². The topological polar surface area (TPSA) is 66.0 Å². The van der Waals surface area contributed by atoms with Crippen LogP contribution >= 0.6 is 0 Å². The minimum absolute atomic E-state index is 0.417. The highest BCUT2D eigenvalue weighted by atomic mass is 15.3. The van der Waals surface area contributed by atoms with Gasteiger partial charge in [-0.1, -0.05) is 6.42 Å². The van der Waals surface area contributed by atoms with Crippen molar-refractivity contribution in [2.45, 2.75) is 46.1 Å². The Morgan fingerprint density at radius 1 is 1.15 bits per heavy atom. The van der Waals surface area contributed by atoms with E-state index in [9.17, 15) is 0 Å². The molecule has 0 bridgehead atoms. The molecule has 1 fully saturated rings. The van der Waals surface area contributed by atoms with E-state index in [0.29, 0.717) is 17.9 Å². The van der Waals surface area contributed by atoms with Crippen LogP contribution in [0.3, 0.4) is 0 Å². The summed E-state index contributed by atoms with van der Waals surface area (Å²) in [6, 6.07) is 0.417. The van der Waals surface area contributed by atoms with Gasteiger partial charge in [-0.3, -0.25) is 0 Å². The molecule has 0 spiro atoms. The third-order valence-electron chi connectivity index (χ3n) is 4.11. The molecule has 1 heterocycles. The standard InChI is InChI=1S/C14H26N6/c1-5-20(6-2)14-18-12(15-4)17-13(19-14)16-10(3)11-8-7-9-11/h10-11H,5-9H2,1-4H3,(H2,15,16,17,18,19). The van der Waals surface area contributed by atoms with Gasteiger partial charge in [0.1, 0.15) is 0 Å². The number of anilines is 3. The molecule has 0 radical (unpaired) electrons. The van der Waals surface area contributed by atoms with E-state index in [0.717, 1.165) is 25.0 Å². The zero-order valence-electron chi connectivity index (χ0n) is 13.0. The molecule has 0 aliphatic heterocycles. The fraction of sp³-hybridized carbons (Fsp3) is 0.786. The molecule has 1 unspecified atom stereocenters. The lowest BCUT2D eigenvalue weighted by molar-refractivity contribution is 0.284. The van der Waals surface area contributed by atoms with Crippen LogP contribution in [0.4, 0.5) is 17.8 Å². The van der Waals surface area contributed by atoms with E-state index in [-0.39, 0.29) is 0 Å². The third kappa shape index (κ3) is 3.29. The van der Waals surface area contributed by atoms with Crippen molar-refractivity contribution < 1.29 is 0 Å². The largest absolute Gasteiger partial charge is 0.357 e. The summed E-state index contributed by atoms with van der Waals surface area (Å²) in [4.78, 5) is 15.5. The van der Waals surface area contributed by atoms with E-state index >= 15 is 0 Å². The first-order valence-electron chi connectivity index (χ1n) is 7.63. The Morgan fingerprint density at radius 3 is 2.30 bits per heavy atom. The zero-order chi connectivity index (χ0) is 14.5. The Balaban J connectivity index is 2.16. The van der Waals surface area contributed by atoms with Crippen LogP contribution in [0.2, 0.25) is 0 Å². The summed E-state index contributed by atoms with van der Waals surface area (Å²) in [6.45, 7) is 8.21. The summed E-state index contributed by atoms with van der Waals surface area (Å²) in [5, 5.41) is 6.45. The molecule has 2 N–H and O–H groups in total. The molecule has 0 amide bonds. The zero-order valence-corrected chi connectivity index (χ0v) is 13.0. The van der Waals surface area contributed by atoms with Gasteiger partial charge >= 0.3 is 0 Å². The summed E-state index contributed by atoms with van der Waals surface area (Å²) < 4.78 is 0. The van der Waals surface area contributed by atoms with E-state index < -0.39 is 0 Å². The van der Waals surface area contributed by atoms with Gasteiger partial charge in [0.2, 0.25) is 17.8 Å². The van der Waals surface area contributed by atoms with Gasteiger partial charge in [0, 0.05) is 26.2 Å². The van der Waals surface area contributed by atoms with Crippen molar-refractivity contribution in [1.29, 1.82) is 0 Å². The van der Waals surface area contributed by atoms with Gasteiger partial charge in [-0.05, 0) is 39.5 Å². The SMILES string of the molecule is CCN(CC)c1nc(NC)nc(NC(C)C2CCC2)n1. The van der Waals surface area contributed by atoms with Crippen LogP contribution in [0.5, 0.6) is 0 Å². The van der Waals surface area contributed by atoms with Gasteiger partial charge < -0.3 is 15.5 Å². The van der Waals surface area contributed by atoms with E-state index in [2.05, 4.69) is 51.3 Å². The third-order valence-corrected chi connectivity index (χ3v) is 4.11. The highest BCUT2D eigenvalue weighted by Crippen LogP contribution is 2.30. The molecule has 1 atom stereocenters. The normalized spacial score (nSPS) is 16.4. The number of rotatable bonds is 7. The molecular weight excluding hydrogens is 252 g/mol. The van der Waals surface area contributed by atoms with Crippen LogP contribution < -0.4 is 15.5 Å². The van der Waals surface area contributed by atoms with Crippen LogP contribution in [-0.2, 0) is 0 Å². The lowest BCUT2D eigenvalue weighted by atomic mass is 9.80. The van der Waals surface area contributed by atoms with Gasteiger partial charge in [0.15, 0.2) is 0 Å². The Labute approximate surface area is 121 Å². The Hall–Kier alpha value is -1.59. The predicted molar refractivity (Wildman–Crippen MR) is 83.4 cm³/mol. The minimum Gasteiger partial charge on any atom is -0.357 e. The monoisotopic (exact) mass is 278 g/mol. The smallest absolute Gasteiger partial charge is 0.231 e. The molecule has 0 saturated heterocycles. The molecular formula is C14H26N6. The summed E-state index contributed by atoms with van der Waals surface area (Å²) in [5.41, 5.74) is 0. The van der Waals surface area contributed by atoms with Gasteiger partial charge in [0.25, 0.3) is 0 Å². The maximum atomic E-state index is 4.56. The first-order valence-corrected chi connectivity index (χ1v) is 7.63. The summed E-state index contributed by atoms with van der Waals surface area (Å²) in [7, 11) is 1.83. The molecule has 1 aliphatic rings. The number of aromatic nitrogens is 3. The van der Waals surface area contributed by atoms with Crippen LogP contribution in [0, 0.1) is 5.92 Å². The number of hydrogen-bond acceptors (Lipinski definition) is 6. The molecule has 112 valence electrons. The van der Waals surface area contributed by atoms with E-state index in [4.69, 9.17) is 0 Å². The van der Waals surface area contributed by atoms with E-state index in [1.165, 1.54) is 19.3 Å². The Bertz CT molecular complexity index is 428. The van der Waals surface area contributed by atoms with Crippen molar-refractivity contribution in [2.75, 3.05) is 35.7 Å². The maximum Gasteiger partial charge on any atom is 0.231 e. The lowest BCUT2D eigenvalue weighted by Crippen LogP contribution is -2.32. The lowest BCUT2D eigenvalue weighted by Gasteiger charge is -2.32. The molecule has 6 nitrogen and oxygen atoms in total. The summed E-state index contributed by atoms with van der Waals surface area (Å²) >= 11 is 0. The van der Waals surface area contributed by atoms with Gasteiger partial charge in [-0.15, -0.1) is 0 Å². The molecule has 1 aromatic heterocycles. The maximum absolute atomic E-state index is 4.56. The van der Waals surface area contributed by atoms with Gasteiger partial charge in [-0.2, -0.15) is 15.0 Å². The summed E-state index contributed by atoms with van der Waals surface area (Å²) in [5.74, 6) is 2.77. The fourth-order valence-corrected chi connectivity index (χ4v) is 2.45. The molecule has 0 aromatic carbocycles. The van der Waals surface area contributed by atoms with Crippen molar-refractivity contribution >= 4 is 17.8 Å². The molecule has 6 heteroatoms. The highest BCUT2D eigenvalue weighted by molar-refractivity contribution is 5.43. The Kier molecular flexibility index (Phi) is 4.98. The van der Waals surface area contributed by atoms with Crippen LogP contribution in [0.15, 0.2) is 0 Å². The highest BCUT2D eigenvalue weighted by Gasteiger charge is 2.24. The molecule has 2 rings (SSSR count). The molecule has 1 aliphatic carbocycles. The second-order valence-corrected chi connectivity index (χ2v) is 5.33. The van der Waals surface area contributed by atoms with Crippen LogP contribution in [0.25, 0.3) is 0 Å². The Morgan fingerprint density at radius 2 is 1.80 bits per heavy atom. The average Bonchev–Trinajstić information content (AvgIpc) is 2.37. The molecule has 1 saturated carbocycles. The number of nitrogens with one attached hydrogen (secondary N) is 2. The first kappa shape index (κ1) is 14.8. The van der Waals surface area contributed by atoms with Crippen molar-refractivity contribution in [1.82, 2.24) is 15.0 Å². The van der Waals surface area contributed by atoms with Crippen molar-refractivity contribution in [2.24, 2.45) is 5.92 Å². The molecule has 20 heavy (non-hydrogen) atoms. The van der Waals surface area contributed by atoms with Crippen LogP contribution in [0.1, 0.15) is 40.0 Å². The minimum atomic E-state index is 0.417. The average molecular weight is 278 g/mol. The van der Waals surface area contributed by atoms with Gasteiger partial charge in [-0.25, -0.2) is 0 Å². The quantitative estimate of drug-likeness (QED) is 0.798. The number of hydrogen-bond donors (Lipinski definition) is 2. The second kappa shape index (κ2) is 6.72. The number of nitrogens with zero attached hydrogens (tertiary/aromatic N) is 4. The van der Waals surface area contributed by atoms with E-state index in [1.807, 2.05) is 7.05 Å². The van der Waals surface area contributed by atoms with Crippen molar-refractivity contribution in [3.05, 3.63) is 0 Å². The fourth-order valence-electron chi connectivity index (χ4n) is 2.45.